The molecule has 3 unspecified atom stereocenters. The van der Waals surface area contributed by atoms with Gasteiger partial charge in [0.2, 0.25) is 5.91 Å². The molecule has 27 heavy (non-hydrogen) atoms. The average molecular weight is 363 g/mol. The predicted octanol–water partition coefficient (Wildman–Crippen LogP) is 3.76. The van der Waals surface area contributed by atoms with Crippen LogP contribution in [0.15, 0.2) is 66.7 Å². The van der Waals surface area contributed by atoms with E-state index in [0.29, 0.717) is 6.42 Å². The van der Waals surface area contributed by atoms with Gasteiger partial charge < -0.3 is 5.32 Å². The number of benzene rings is 3. The van der Waals surface area contributed by atoms with Crippen molar-refractivity contribution in [3.63, 3.8) is 0 Å². The van der Waals surface area contributed by atoms with E-state index in [1.165, 1.54) is 28.5 Å². The Labute approximate surface area is 157 Å². The maximum Gasteiger partial charge on any atom is 0.239 e. The Morgan fingerprint density at radius 3 is 2.59 bits per heavy atom. The number of fused-ring (bicyclic) bond motifs is 1. The number of carbonyl (C=O) groups is 1. The second kappa shape index (κ2) is 7.47. The van der Waals surface area contributed by atoms with Crippen molar-refractivity contribution in [3.8, 4) is 0 Å². The number of hydrogen-bond donors (Lipinski definition) is 3. The molecular weight excluding hydrogens is 341 g/mol. The number of carbonyl (C=O) groups excluding carboxylic acids is 1. The van der Waals surface area contributed by atoms with Crippen molar-refractivity contribution in [3.05, 3.63) is 83.7 Å². The SMILES string of the molecule is CC(NC(=O)C1CC(c2cccc3ccccc23)NN1)c1ccc(F)cc1. The summed E-state index contributed by atoms with van der Waals surface area (Å²) in [5, 5.41) is 5.39. The van der Waals surface area contributed by atoms with Gasteiger partial charge in [0.15, 0.2) is 0 Å². The van der Waals surface area contributed by atoms with Crippen molar-refractivity contribution in [1.82, 2.24) is 16.2 Å². The third kappa shape index (κ3) is 3.70. The molecule has 1 heterocycles. The van der Waals surface area contributed by atoms with Crippen LogP contribution in [0.3, 0.4) is 0 Å². The zero-order valence-corrected chi connectivity index (χ0v) is 15.1. The first kappa shape index (κ1) is 17.6. The van der Waals surface area contributed by atoms with Crippen LogP contribution < -0.4 is 16.2 Å². The molecule has 0 saturated carbocycles. The molecule has 1 aliphatic rings. The summed E-state index contributed by atoms with van der Waals surface area (Å²) in [6, 6.07) is 20.3. The van der Waals surface area contributed by atoms with E-state index in [0.717, 1.165) is 5.56 Å². The summed E-state index contributed by atoms with van der Waals surface area (Å²) < 4.78 is 13.1. The highest BCUT2D eigenvalue weighted by atomic mass is 19.1. The lowest BCUT2D eigenvalue weighted by Gasteiger charge is -2.17. The molecule has 0 spiro atoms. The third-order valence-corrected chi connectivity index (χ3v) is 5.15. The van der Waals surface area contributed by atoms with Gasteiger partial charge in [0.1, 0.15) is 11.9 Å². The molecule has 1 fully saturated rings. The Morgan fingerprint density at radius 1 is 1.04 bits per heavy atom. The zero-order chi connectivity index (χ0) is 18.8. The minimum Gasteiger partial charge on any atom is -0.348 e. The number of amides is 1. The average Bonchev–Trinajstić information content (AvgIpc) is 3.18. The largest absolute Gasteiger partial charge is 0.348 e. The maximum atomic E-state index is 13.1. The number of halogens is 1. The van der Waals surface area contributed by atoms with E-state index in [2.05, 4.69) is 40.4 Å². The van der Waals surface area contributed by atoms with Gasteiger partial charge in [-0.2, -0.15) is 0 Å². The van der Waals surface area contributed by atoms with E-state index in [4.69, 9.17) is 0 Å². The fraction of sp³-hybridized carbons (Fsp3) is 0.227. The maximum absolute atomic E-state index is 13.1. The van der Waals surface area contributed by atoms with Gasteiger partial charge in [-0.1, -0.05) is 54.6 Å². The lowest BCUT2D eigenvalue weighted by Crippen LogP contribution is -2.43. The van der Waals surface area contributed by atoms with Crippen molar-refractivity contribution in [2.45, 2.75) is 31.5 Å². The number of hydrazine groups is 1. The molecule has 5 heteroatoms. The van der Waals surface area contributed by atoms with Crippen LogP contribution in [-0.4, -0.2) is 11.9 Å². The molecule has 1 aliphatic heterocycles. The van der Waals surface area contributed by atoms with Gasteiger partial charge in [-0.15, -0.1) is 0 Å². The number of hydrogen-bond acceptors (Lipinski definition) is 3. The Bertz CT molecular complexity index is 952. The highest BCUT2D eigenvalue weighted by Crippen LogP contribution is 2.29. The quantitative estimate of drug-likeness (QED) is 0.661. The minimum absolute atomic E-state index is 0.0629. The molecule has 3 atom stereocenters. The molecule has 0 aliphatic carbocycles. The predicted molar refractivity (Wildman–Crippen MR) is 104 cm³/mol. The summed E-state index contributed by atoms with van der Waals surface area (Å²) in [7, 11) is 0. The Hall–Kier alpha value is -2.76. The van der Waals surface area contributed by atoms with Crippen LogP contribution >= 0.6 is 0 Å². The van der Waals surface area contributed by atoms with Gasteiger partial charge in [-0.05, 0) is 47.4 Å². The molecule has 3 aromatic rings. The summed E-state index contributed by atoms with van der Waals surface area (Å²) in [6.45, 7) is 1.90. The van der Waals surface area contributed by atoms with Gasteiger partial charge in [-0.3, -0.25) is 4.79 Å². The summed E-state index contributed by atoms with van der Waals surface area (Å²) in [4.78, 5) is 12.6. The zero-order valence-electron chi connectivity index (χ0n) is 15.1. The van der Waals surface area contributed by atoms with Crippen LogP contribution in [0.4, 0.5) is 4.39 Å². The van der Waals surface area contributed by atoms with Gasteiger partial charge in [0, 0.05) is 6.04 Å². The van der Waals surface area contributed by atoms with Gasteiger partial charge >= 0.3 is 0 Å². The van der Waals surface area contributed by atoms with Crippen molar-refractivity contribution in [1.29, 1.82) is 0 Å². The van der Waals surface area contributed by atoms with Crippen LogP contribution in [0.2, 0.25) is 0 Å². The van der Waals surface area contributed by atoms with Gasteiger partial charge in [0.05, 0.1) is 6.04 Å². The summed E-state index contributed by atoms with van der Waals surface area (Å²) >= 11 is 0. The molecule has 0 aromatic heterocycles. The molecule has 0 bridgehead atoms. The third-order valence-electron chi connectivity index (χ3n) is 5.15. The van der Waals surface area contributed by atoms with Crippen molar-refractivity contribution < 1.29 is 9.18 Å². The van der Waals surface area contributed by atoms with E-state index in [9.17, 15) is 9.18 Å². The van der Waals surface area contributed by atoms with Crippen molar-refractivity contribution in [2.75, 3.05) is 0 Å². The van der Waals surface area contributed by atoms with E-state index >= 15 is 0 Å². The second-order valence-electron chi connectivity index (χ2n) is 6.98. The molecule has 1 saturated heterocycles. The fourth-order valence-corrected chi connectivity index (χ4v) is 3.64. The topological polar surface area (TPSA) is 53.2 Å². The van der Waals surface area contributed by atoms with Crippen LogP contribution in [0.25, 0.3) is 10.8 Å². The standard InChI is InChI=1S/C22H22FN3O/c1-14(15-9-11-17(23)12-10-15)24-22(27)21-13-20(25-26-21)19-8-4-6-16-5-2-3-7-18(16)19/h2-12,14,20-21,25-26H,13H2,1H3,(H,24,27). The first-order valence-electron chi connectivity index (χ1n) is 9.16. The lowest BCUT2D eigenvalue weighted by atomic mass is 9.96. The molecule has 1 amide bonds. The first-order chi connectivity index (χ1) is 13.1. The Morgan fingerprint density at radius 2 is 1.78 bits per heavy atom. The van der Waals surface area contributed by atoms with E-state index in [1.807, 2.05) is 25.1 Å². The van der Waals surface area contributed by atoms with Crippen LogP contribution in [0, 0.1) is 5.82 Å². The molecule has 0 radical (unpaired) electrons. The monoisotopic (exact) mass is 363 g/mol. The normalized spacial score (nSPS) is 20.5. The molecule has 138 valence electrons. The molecule has 3 N–H and O–H groups in total. The van der Waals surface area contributed by atoms with Gasteiger partial charge in [0.25, 0.3) is 0 Å². The minimum atomic E-state index is -0.322. The number of nitrogens with one attached hydrogen (secondary N) is 3. The molecule has 3 aromatic carbocycles. The van der Waals surface area contributed by atoms with Crippen molar-refractivity contribution in [2.24, 2.45) is 0 Å². The molecule has 4 nitrogen and oxygen atoms in total. The first-order valence-corrected chi connectivity index (χ1v) is 9.16. The highest BCUT2D eigenvalue weighted by Gasteiger charge is 2.31. The molecule has 4 rings (SSSR count). The smallest absolute Gasteiger partial charge is 0.239 e. The van der Waals surface area contributed by atoms with E-state index < -0.39 is 0 Å². The van der Waals surface area contributed by atoms with E-state index in [-0.39, 0.29) is 29.8 Å². The second-order valence-corrected chi connectivity index (χ2v) is 6.98. The number of rotatable bonds is 4. The fourth-order valence-electron chi connectivity index (χ4n) is 3.64. The summed E-state index contributed by atoms with van der Waals surface area (Å²) in [6.07, 6.45) is 0.663. The van der Waals surface area contributed by atoms with Gasteiger partial charge in [-0.25, -0.2) is 15.2 Å². The Kier molecular flexibility index (Phi) is 4.88. The van der Waals surface area contributed by atoms with Crippen molar-refractivity contribution >= 4 is 16.7 Å². The summed E-state index contributed by atoms with van der Waals surface area (Å²) in [5.41, 5.74) is 8.43. The van der Waals surface area contributed by atoms with Crippen LogP contribution in [0.1, 0.15) is 36.6 Å². The van der Waals surface area contributed by atoms with Crippen LogP contribution in [-0.2, 0) is 4.79 Å². The van der Waals surface area contributed by atoms with E-state index in [1.54, 1.807) is 12.1 Å². The van der Waals surface area contributed by atoms with Crippen LogP contribution in [0.5, 0.6) is 0 Å². The molecular formula is C22H22FN3O. The highest BCUT2D eigenvalue weighted by molar-refractivity contribution is 5.87. The Balaban J connectivity index is 1.44. The lowest BCUT2D eigenvalue weighted by molar-refractivity contribution is -0.123. The summed E-state index contributed by atoms with van der Waals surface area (Å²) in [5.74, 6) is -0.348.